The minimum Gasteiger partial charge on any atom is -0.303 e. The Hall–Kier alpha value is 0.920. The lowest BCUT2D eigenvalue weighted by atomic mass is 9.87. The summed E-state index contributed by atoms with van der Waals surface area (Å²) in [5.74, 6) is 4.08. The summed E-state index contributed by atoms with van der Waals surface area (Å²) in [6, 6.07) is 0. The molecule has 0 rings (SSSR count). The van der Waals surface area contributed by atoms with Crippen molar-refractivity contribution in [1.82, 2.24) is 0 Å². The number of phosphoric ester groups is 2. The van der Waals surface area contributed by atoms with Gasteiger partial charge in [0.15, 0.2) is 0 Å². The third kappa shape index (κ3) is 20.2. The molecular weight excluding hydrogens is 446 g/mol. The quantitative estimate of drug-likeness (QED) is 0.176. The SMILES string of the molecule is CC(C)(CCOP(=O)(O)O)CCSCCSCCC(C)(C)CCOP(=O)(O)O. The fraction of sp³-hybridized carbons (Fsp3) is 1.00. The molecule has 0 aliphatic heterocycles. The molecule has 0 aromatic heterocycles. The van der Waals surface area contributed by atoms with Crippen molar-refractivity contribution in [2.75, 3.05) is 36.2 Å². The molecule has 0 unspecified atom stereocenters. The first kappa shape index (κ1) is 28.9. The Balaban J connectivity index is 3.70. The van der Waals surface area contributed by atoms with Gasteiger partial charge in [-0.1, -0.05) is 27.7 Å². The molecule has 0 saturated heterocycles. The van der Waals surface area contributed by atoms with Crippen molar-refractivity contribution in [1.29, 1.82) is 0 Å². The zero-order valence-corrected chi connectivity index (χ0v) is 20.6. The van der Waals surface area contributed by atoms with Crippen LogP contribution in [0, 0.1) is 10.8 Å². The molecule has 0 aromatic rings. The van der Waals surface area contributed by atoms with E-state index in [0.717, 1.165) is 35.9 Å². The normalized spacial score (nSPS) is 13.9. The van der Waals surface area contributed by atoms with Gasteiger partial charge in [0.25, 0.3) is 0 Å². The molecule has 0 heterocycles. The van der Waals surface area contributed by atoms with Gasteiger partial charge in [0, 0.05) is 11.5 Å². The minimum atomic E-state index is -4.37. The second kappa shape index (κ2) is 13.4. The summed E-state index contributed by atoms with van der Waals surface area (Å²) in [7, 11) is -8.75. The van der Waals surface area contributed by atoms with Gasteiger partial charge in [-0.2, -0.15) is 23.5 Å². The maximum Gasteiger partial charge on any atom is 0.469 e. The van der Waals surface area contributed by atoms with Crippen molar-refractivity contribution in [3.8, 4) is 0 Å². The highest BCUT2D eigenvalue weighted by Gasteiger charge is 2.22. The smallest absolute Gasteiger partial charge is 0.303 e. The average Bonchev–Trinajstić information content (AvgIpc) is 2.46. The summed E-state index contributed by atoms with van der Waals surface area (Å²) in [5, 5.41) is 0. The van der Waals surface area contributed by atoms with E-state index in [4.69, 9.17) is 19.6 Å². The topological polar surface area (TPSA) is 134 Å². The molecule has 4 N–H and O–H groups in total. The monoisotopic (exact) mass is 482 g/mol. The van der Waals surface area contributed by atoms with Gasteiger partial charge in [-0.25, -0.2) is 9.13 Å². The summed E-state index contributed by atoms with van der Waals surface area (Å²) in [5.41, 5.74) is -0.0387. The second-order valence-electron chi connectivity index (χ2n) is 8.20. The Morgan fingerprint density at radius 1 is 0.643 bits per heavy atom. The Kier molecular flexibility index (Phi) is 13.8. The van der Waals surface area contributed by atoms with E-state index in [9.17, 15) is 9.13 Å². The number of phosphoric acid groups is 2. The van der Waals surface area contributed by atoms with Crippen LogP contribution in [0.2, 0.25) is 0 Å². The van der Waals surface area contributed by atoms with Crippen LogP contribution < -0.4 is 0 Å². The van der Waals surface area contributed by atoms with Gasteiger partial charge in [0.05, 0.1) is 13.2 Å². The summed E-state index contributed by atoms with van der Waals surface area (Å²) in [6.45, 7) is 8.42. The second-order valence-corrected chi connectivity index (χ2v) is 13.1. The lowest BCUT2D eigenvalue weighted by molar-refractivity contribution is 0.163. The molecule has 0 amide bonds. The summed E-state index contributed by atoms with van der Waals surface area (Å²) in [6.07, 6.45) is 3.13. The van der Waals surface area contributed by atoms with E-state index in [1.807, 2.05) is 23.5 Å². The van der Waals surface area contributed by atoms with E-state index < -0.39 is 15.6 Å². The van der Waals surface area contributed by atoms with Gasteiger partial charge >= 0.3 is 15.6 Å². The van der Waals surface area contributed by atoms with E-state index in [1.165, 1.54) is 0 Å². The van der Waals surface area contributed by atoms with Crippen molar-refractivity contribution in [2.45, 2.75) is 53.4 Å². The maximum atomic E-state index is 10.7. The minimum absolute atomic E-state index is 0.0193. The zero-order valence-electron chi connectivity index (χ0n) is 17.2. The first-order valence-corrected chi connectivity index (χ1v) is 14.5. The first-order chi connectivity index (χ1) is 12.6. The molecule has 0 radical (unpaired) electrons. The molecular formula is C16H36O8P2S2. The Morgan fingerprint density at radius 3 is 1.25 bits per heavy atom. The number of hydrogen-bond acceptors (Lipinski definition) is 6. The van der Waals surface area contributed by atoms with Crippen LogP contribution in [0.1, 0.15) is 53.4 Å². The van der Waals surface area contributed by atoms with Crippen LogP contribution in [0.5, 0.6) is 0 Å². The lowest BCUT2D eigenvalue weighted by Gasteiger charge is -2.24. The predicted molar refractivity (Wildman–Crippen MR) is 117 cm³/mol. The molecule has 8 nitrogen and oxygen atoms in total. The van der Waals surface area contributed by atoms with E-state index >= 15 is 0 Å². The van der Waals surface area contributed by atoms with Crippen LogP contribution in [0.3, 0.4) is 0 Å². The molecule has 0 spiro atoms. The van der Waals surface area contributed by atoms with Crippen LogP contribution in [-0.2, 0) is 18.2 Å². The Morgan fingerprint density at radius 2 is 0.964 bits per heavy atom. The molecule has 28 heavy (non-hydrogen) atoms. The fourth-order valence-electron chi connectivity index (χ4n) is 2.15. The summed E-state index contributed by atoms with van der Waals surface area (Å²) >= 11 is 3.74. The zero-order chi connectivity index (χ0) is 21.9. The van der Waals surface area contributed by atoms with E-state index in [0.29, 0.717) is 12.8 Å². The molecule has 0 bridgehead atoms. The molecule has 0 atom stereocenters. The largest absolute Gasteiger partial charge is 0.469 e. The van der Waals surface area contributed by atoms with Crippen molar-refractivity contribution >= 4 is 39.2 Å². The molecule has 0 aliphatic carbocycles. The van der Waals surface area contributed by atoms with Gasteiger partial charge in [-0.05, 0) is 48.0 Å². The third-order valence-corrected chi connectivity index (χ3v) is 7.56. The predicted octanol–water partition coefficient (Wildman–Crippen LogP) is 4.28. The van der Waals surface area contributed by atoms with Gasteiger partial charge in [0.1, 0.15) is 0 Å². The van der Waals surface area contributed by atoms with Crippen LogP contribution >= 0.6 is 39.2 Å². The Bertz CT molecular complexity index is 473. The molecule has 170 valence electrons. The van der Waals surface area contributed by atoms with E-state index in [1.54, 1.807) is 0 Å². The standard InChI is InChI=1S/C16H36O8P2S2/c1-15(2,5-9-23-25(17,18)19)7-11-27-13-14-28-12-8-16(3,4)6-10-24-26(20,21)22/h5-14H2,1-4H3,(H2,17,18,19)(H2,20,21,22). The highest BCUT2D eigenvalue weighted by molar-refractivity contribution is 8.02. The van der Waals surface area contributed by atoms with Gasteiger partial charge in [-0.15, -0.1) is 0 Å². The van der Waals surface area contributed by atoms with Crippen LogP contribution in [-0.4, -0.2) is 55.8 Å². The van der Waals surface area contributed by atoms with Gasteiger partial charge < -0.3 is 19.6 Å². The maximum absolute atomic E-state index is 10.7. The summed E-state index contributed by atoms with van der Waals surface area (Å²) in [4.78, 5) is 34.8. The molecule has 0 aliphatic rings. The van der Waals surface area contributed by atoms with Crippen LogP contribution in [0.25, 0.3) is 0 Å². The van der Waals surface area contributed by atoms with Gasteiger partial charge in [0.2, 0.25) is 0 Å². The lowest BCUT2D eigenvalue weighted by Crippen LogP contribution is -2.16. The van der Waals surface area contributed by atoms with Crippen LogP contribution in [0.15, 0.2) is 0 Å². The van der Waals surface area contributed by atoms with Gasteiger partial charge in [-0.3, -0.25) is 9.05 Å². The fourth-order valence-corrected chi connectivity index (χ4v) is 5.55. The number of hydrogen-bond donors (Lipinski definition) is 4. The van der Waals surface area contributed by atoms with Crippen molar-refractivity contribution < 1.29 is 37.8 Å². The van der Waals surface area contributed by atoms with Crippen molar-refractivity contribution in [3.63, 3.8) is 0 Å². The average molecular weight is 483 g/mol. The van der Waals surface area contributed by atoms with E-state index in [2.05, 4.69) is 36.7 Å². The highest BCUT2D eigenvalue weighted by atomic mass is 32.2. The molecule has 0 fully saturated rings. The summed E-state index contributed by atoms with van der Waals surface area (Å²) < 4.78 is 30.4. The molecule has 0 aromatic carbocycles. The molecule has 0 saturated carbocycles. The number of thioether (sulfide) groups is 2. The van der Waals surface area contributed by atoms with E-state index in [-0.39, 0.29) is 24.0 Å². The third-order valence-electron chi connectivity index (χ3n) is 4.29. The molecule has 12 heteroatoms. The Labute approximate surface area is 177 Å². The van der Waals surface area contributed by atoms with Crippen LogP contribution in [0.4, 0.5) is 0 Å². The first-order valence-electron chi connectivity index (χ1n) is 9.18. The highest BCUT2D eigenvalue weighted by Crippen LogP contribution is 2.38. The number of rotatable bonds is 17. The van der Waals surface area contributed by atoms with Crippen molar-refractivity contribution in [2.24, 2.45) is 10.8 Å². The van der Waals surface area contributed by atoms with Crippen molar-refractivity contribution in [3.05, 3.63) is 0 Å².